The Morgan fingerprint density at radius 1 is 1.20 bits per heavy atom. The summed E-state index contributed by atoms with van der Waals surface area (Å²) in [4.78, 5) is 35.9. The largest absolute Gasteiger partial charge is 0.458 e. The number of hydrogen-bond donors (Lipinski definition) is 2. The number of Topliss-reactive ketones (excluding diaryl/α,β-unsaturated/α-hetero) is 1. The van der Waals surface area contributed by atoms with Crippen LogP contribution in [0, 0.1) is 22.7 Å². The molecule has 0 aromatic rings. The van der Waals surface area contributed by atoms with E-state index < -0.39 is 52.5 Å². The molecule has 2 N–H and O–H groups in total. The number of hydrogen-bond acceptors (Lipinski definition) is 6. The van der Waals surface area contributed by atoms with Crippen LogP contribution in [0.3, 0.4) is 0 Å². The van der Waals surface area contributed by atoms with Gasteiger partial charge in [-0.2, -0.15) is 0 Å². The van der Waals surface area contributed by atoms with Gasteiger partial charge >= 0.3 is 5.97 Å². The highest BCUT2D eigenvalue weighted by molar-refractivity contribution is 5.92. The maximum absolute atomic E-state index is 16.9. The summed E-state index contributed by atoms with van der Waals surface area (Å²) in [6.45, 7) is 4.25. The molecule has 6 nitrogen and oxygen atoms in total. The maximum atomic E-state index is 16.9. The van der Waals surface area contributed by atoms with Gasteiger partial charge in [0.2, 0.25) is 5.78 Å². The molecule has 3 fully saturated rings. The third-order valence-corrected chi connectivity index (χ3v) is 9.06. The summed E-state index contributed by atoms with van der Waals surface area (Å²) in [5.74, 6) is -1.99. The molecular weight excluding hydrogens is 391 g/mol. The average Bonchev–Trinajstić information content (AvgIpc) is 2.94. The van der Waals surface area contributed by atoms with E-state index in [1.165, 1.54) is 6.92 Å². The number of carbonyl (C=O) groups is 3. The molecule has 0 heterocycles. The quantitative estimate of drug-likeness (QED) is 0.678. The normalized spacial score (nSPS) is 47.6. The third kappa shape index (κ3) is 2.57. The van der Waals surface area contributed by atoms with E-state index in [1.807, 2.05) is 6.92 Å². The number of alkyl halides is 1. The van der Waals surface area contributed by atoms with Gasteiger partial charge in [-0.05, 0) is 50.5 Å². The number of ketones is 2. The fourth-order valence-corrected chi connectivity index (χ4v) is 7.32. The van der Waals surface area contributed by atoms with E-state index in [4.69, 9.17) is 4.74 Å². The number of aliphatic hydroxyl groups is 2. The molecular formula is C23H31FO6. The fraction of sp³-hybridized carbons (Fsp3) is 0.783. The molecule has 0 bridgehead atoms. The van der Waals surface area contributed by atoms with Crippen molar-refractivity contribution in [1.29, 1.82) is 0 Å². The van der Waals surface area contributed by atoms with Gasteiger partial charge in [0.1, 0.15) is 11.3 Å². The first kappa shape index (κ1) is 21.6. The van der Waals surface area contributed by atoms with E-state index in [9.17, 15) is 24.6 Å². The van der Waals surface area contributed by atoms with Crippen molar-refractivity contribution in [3.63, 3.8) is 0 Å². The predicted molar refractivity (Wildman–Crippen MR) is 105 cm³/mol. The van der Waals surface area contributed by atoms with Crippen LogP contribution in [0.1, 0.15) is 65.7 Å². The van der Waals surface area contributed by atoms with E-state index in [-0.39, 0.29) is 31.0 Å². The van der Waals surface area contributed by atoms with E-state index in [1.54, 1.807) is 13.0 Å². The summed E-state index contributed by atoms with van der Waals surface area (Å²) in [5.41, 5.74) is -4.83. The van der Waals surface area contributed by atoms with Crippen molar-refractivity contribution in [2.45, 2.75) is 83.1 Å². The first-order chi connectivity index (χ1) is 13.9. The van der Waals surface area contributed by atoms with Gasteiger partial charge in [0.05, 0.1) is 6.10 Å². The van der Waals surface area contributed by atoms with Crippen LogP contribution >= 0.6 is 0 Å². The lowest BCUT2D eigenvalue weighted by Crippen LogP contribution is -2.69. The molecule has 0 amide bonds. The van der Waals surface area contributed by atoms with Gasteiger partial charge in [0.15, 0.2) is 12.4 Å². The zero-order chi connectivity index (χ0) is 22.1. The molecule has 0 radical (unpaired) electrons. The number of esters is 1. The lowest BCUT2D eigenvalue weighted by molar-refractivity contribution is -0.227. The molecule has 0 spiro atoms. The number of aliphatic hydroxyl groups excluding tert-OH is 1. The number of rotatable bonds is 3. The van der Waals surface area contributed by atoms with E-state index in [0.29, 0.717) is 25.7 Å². The molecule has 7 atom stereocenters. The van der Waals surface area contributed by atoms with Crippen LogP contribution in [0.5, 0.6) is 0 Å². The first-order valence-corrected chi connectivity index (χ1v) is 10.9. The Morgan fingerprint density at radius 3 is 2.57 bits per heavy atom. The van der Waals surface area contributed by atoms with Crippen LogP contribution in [-0.4, -0.2) is 51.7 Å². The summed E-state index contributed by atoms with van der Waals surface area (Å²) in [5, 5.41) is 22.6. The van der Waals surface area contributed by atoms with Gasteiger partial charge in [0, 0.05) is 30.1 Å². The second-order valence-electron chi connectivity index (χ2n) is 10.2. The van der Waals surface area contributed by atoms with Crippen molar-refractivity contribution >= 4 is 17.5 Å². The summed E-state index contributed by atoms with van der Waals surface area (Å²) >= 11 is 0. The molecule has 3 unspecified atom stereocenters. The molecule has 0 aliphatic heterocycles. The first-order valence-electron chi connectivity index (χ1n) is 10.9. The Hall–Kier alpha value is -1.60. The van der Waals surface area contributed by atoms with E-state index in [0.717, 1.165) is 5.57 Å². The van der Waals surface area contributed by atoms with Crippen molar-refractivity contribution in [3.05, 3.63) is 11.6 Å². The number of carbonyl (C=O) groups excluding carboxylic acids is 3. The van der Waals surface area contributed by atoms with Crippen LogP contribution in [0.4, 0.5) is 4.39 Å². The summed E-state index contributed by atoms with van der Waals surface area (Å²) in [7, 11) is 0. The van der Waals surface area contributed by atoms with Gasteiger partial charge in [-0.1, -0.05) is 19.4 Å². The monoisotopic (exact) mass is 422 g/mol. The molecule has 4 aliphatic rings. The maximum Gasteiger partial charge on any atom is 0.303 e. The Labute approximate surface area is 175 Å². The molecule has 30 heavy (non-hydrogen) atoms. The summed E-state index contributed by atoms with van der Waals surface area (Å²) < 4.78 is 21.8. The molecule has 3 saturated carbocycles. The molecule has 166 valence electrons. The molecule has 4 aliphatic carbocycles. The summed E-state index contributed by atoms with van der Waals surface area (Å²) in [6.07, 6.45) is 2.45. The average molecular weight is 422 g/mol. The summed E-state index contributed by atoms with van der Waals surface area (Å²) in [6, 6.07) is 0. The SMILES string of the molecule is CC(=O)OCC(=O)[C@@]1(O)CCC2C3CCC4=CC(=O)CC[C@@]4(C)[C@]3(F)C(O)C[C@]21C. The van der Waals surface area contributed by atoms with Gasteiger partial charge in [-0.3, -0.25) is 14.4 Å². The van der Waals surface area contributed by atoms with Gasteiger partial charge in [-0.25, -0.2) is 4.39 Å². The highest BCUT2D eigenvalue weighted by atomic mass is 19.1. The van der Waals surface area contributed by atoms with Crippen molar-refractivity contribution in [2.75, 3.05) is 6.61 Å². The standard InChI is InChI=1S/C23H31FO6/c1-13(25)30-12-19(28)22(29)9-7-16-17-5-4-14-10-15(26)6-8-20(14,2)23(17,24)18(27)11-21(16,22)3/h10,16-18,27,29H,4-9,11-12H2,1-3H3/t16?,17?,18?,20-,21-,22+,23-/m1/s1. The molecule has 7 heteroatoms. The van der Waals surface area contributed by atoms with Gasteiger partial charge in [-0.15, -0.1) is 0 Å². The molecule has 0 aromatic carbocycles. The van der Waals surface area contributed by atoms with Gasteiger partial charge in [0.25, 0.3) is 0 Å². The Balaban J connectivity index is 1.71. The second-order valence-corrected chi connectivity index (χ2v) is 10.2. The number of fused-ring (bicyclic) bond motifs is 5. The molecule has 4 rings (SSSR count). The molecule has 0 saturated heterocycles. The topological polar surface area (TPSA) is 101 Å². The number of ether oxygens (including phenoxy) is 1. The van der Waals surface area contributed by atoms with Crippen molar-refractivity contribution in [2.24, 2.45) is 22.7 Å². The Morgan fingerprint density at radius 2 is 1.90 bits per heavy atom. The number of halogens is 1. The van der Waals surface area contributed by atoms with Crippen molar-refractivity contribution in [1.82, 2.24) is 0 Å². The Kier molecular flexibility index (Phi) is 4.83. The highest BCUT2D eigenvalue weighted by Gasteiger charge is 2.74. The minimum absolute atomic E-state index is 0.00553. The Bertz CT molecular complexity index is 838. The predicted octanol–water partition coefficient (Wildman–Crippen LogP) is 2.44. The lowest BCUT2D eigenvalue weighted by atomic mass is 9.44. The van der Waals surface area contributed by atoms with Gasteiger partial charge < -0.3 is 14.9 Å². The van der Waals surface area contributed by atoms with Crippen molar-refractivity contribution < 1.29 is 33.7 Å². The van der Waals surface area contributed by atoms with Crippen LogP contribution < -0.4 is 0 Å². The zero-order valence-corrected chi connectivity index (χ0v) is 17.9. The van der Waals surface area contributed by atoms with Crippen LogP contribution in [0.2, 0.25) is 0 Å². The third-order valence-electron chi connectivity index (χ3n) is 9.06. The van der Waals surface area contributed by atoms with Crippen LogP contribution in [0.25, 0.3) is 0 Å². The number of allylic oxidation sites excluding steroid dienone is 1. The van der Waals surface area contributed by atoms with Crippen LogP contribution in [0.15, 0.2) is 11.6 Å². The second kappa shape index (κ2) is 6.70. The lowest BCUT2D eigenvalue weighted by Gasteiger charge is -2.63. The molecule has 0 aromatic heterocycles. The minimum atomic E-state index is -1.91. The zero-order valence-electron chi connectivity index (χ0n) is 17.9. The van der Waals surface area contributed by atoms with Crippen LogP contribution in [-0.2, 0) is 19.1 Å². The van der Waals surface area contributed by atoms with E-state index >= 15 is 4.39 Å². The van der Waals surface area contributed by atoms with E-state index in [2.05, 4.69) is 0 Å². The fourth-order valence-electron chi connectivity index (χ4n) is 7.32. The smallest absolute Gasteiger partial charge is 0.303 e. The highest BCUT2D eigenvalue weighted by Crippen LogP contribution is 2.70. The minimum Gasteiger partial charge on any atom is -0.458 e. The van der Waals surface area contributed by atoms with Crippen molar-refractivity contribution in [3.8, 4) is 0 Å².